The number of aromatic nitrogens is 2. The van der Waals surface area contributed by atoms with Crippen LogP contribution in [0.15, 0.2) is 24.3 Å². The SMILES string of the molecule is COc1cc(CCNc2ccc3nc(N)nc(N)c3c2Cl)cc(OC)c1OC. The molecule has 0 amide bonds. The summed E-state index contributed by atoms with van der Waals surface area (Å²) in [7, 11) is 4.76. The first-order chi connectivity index (χ1) is 13.5. The third-order valence-corrected chi connectivity index (χ3v) is 4.69. The van der Waals surface area contributed by atoms with Gasteiger partial charge < -0.3 is 31.0 Å². The Labute approximate surface area is 167 Å². The fourth-order valence-electron chi connectivity index (χ4n) is 2.99. The van der Waals surface area contributed by atoms with Crippen molar-refractivity contribution in [3.63, 3.8) is 0 Å². The summed E-state index contributed by atoms with van der Waals surface area (Å²) >= 11 is 6.50. The van der Waals surface area contributed by atoms with Crippen LogP contribution in [-0.4, -0.2) is 37.8 Å². The van der Waals surface area contributed by atoms with Crippen molar-refractivity contribution in [1.29, 1.82) is 0 Å². The summed E-state index contributed by atoms with van der Waals surface area (Å²) in [4.78, 5) is 8.13. The summed E-state index contributed by atoms with van der Waals surface area (Å²) in [6, 6.07) is 7.47. The van der Waals surface area contributed by atoms with Gasteiger partial charge in [-0.3, -0.25) is 0 Å². The third kappa shape index (κ3) is 3.77. The van der Waals surface area contributed by atoms with Crippen LogP contribution in [-0.2, 0) is 6.42 Å². The standard InChI is InChI=1S/C19H22ClN5O3/c1-26-13-8-10(9-14(27-2)17(13)28-3)6-7-23-12-5-4-11-15(16(12)20)18(21)25-19(22)24-11/h4-5,8-9,23H,6-7H2,1-3H3,(H4,21,22,24,25). The molecule has 1 heterocycles. The van der Waals surface area contributed by atoms with Gasteiger partial charge in [0.05, 0.1) is 42.9 Å². The number of nitrogens with zero attached hydrogens (tertiary/aromatic N) is 2. The van der Waals surface area contributed by atoms with E-state index in [1.807, 2.05) is 18.2 Å². The molecular formula is C19H22ClN5O3. The van der Waals surface area contributed by atoms with E-state index >= 15 is 0 Å². The van der Waals surface area contributed by atoms with E-state index in [2.05, 4.69) is 15.3 Å². The molecule has 0 aliphatic rings. The summed E-state index contributed by atoms with van der Waals surface area (Å²) in [5.41, 5.74) is 14.0. The van der Waals surface area contributed by atoms with Crippen LogP contribution in [0.25, 0.3) is 10.9 Å². The number of hydrogen-bond donors (Lipinski definition) is 3. The minimum atomic E-state index is 0.115. The molecule has 28 heavy (non-hydrogen) atoms. The first-order valence-electron chi connectivity index (χ1n) is 8.52. The molecule has 9 heteroatoms. The van der Waals surface area contributed by atoms with Gasteiger partial charge in [0.2, 0.25) is 11.7 Å². The maximum atomic E-state index is 6.50. The quantitative estimate of drug-likeness (QED) is 0.550. The topological polar surface area (TPSA) is 118 Å². The van der Waals surface area contributed by atoms with E-state index in [0.717, 1.165) is 11.3 Å². The zero-order chi connectivity index (χ0) is 20.3. The van der Waals surface area contributed by atoms with E-state index in [0.29, 0.717) is 46.1 Å². The minimum Gasteiger partial charge on any atom is -0.493 e. The van der Waals surface area contributed by atoms with E-state index in [9.17, 15) is 0 Å². The number of nitrogens with two attached hydrogens (primary N) is 2. The summed E-state index contributed by atoms with van der Waals surface area (Å²) in [6.45, 7) is 0.625. The van der Waals surface area contributed by atoms with Gasteiger partial charge in [0, 0.05) is 6.54 Å². The molecule has 0 spiro atoms. The lowest BCUT2D eigenvalue weighted by Gasteiger charge is -2.15. The van der Waals surface area contributed by atoms with E-state index in [-0.39, 0.29) is 11.8 Å². The van der Waals surface area contributed by atoms with Gasteiger partial charge in [-0.2, -0.15) is 4.98 Å². The normalized spacial score (nSPS) is 10.7. The molecule has 3 aromatic rings. The van der Waals surface area contributed by atoms with Gasteiger partial charge in [0.15, 0.2) is 11.5 Å². The van der Waals surface area contributed by atoms with Crippen LogP contribution in [0.4, 0.5) is 17.5 Å². The highest BCUT2D eigenvalue weighted by molar-refractivity contribution is 6.39. The molecule has 0 fully saturated rings. The van der Waals surface area contributed by atoms with Crippen LogP contribution in [0, 0.1) is 0 Å². The van der Waals surface area contributed by atoms with E-state index in [1.165, 1.54) is 0 Å². The van der Waals surface area contributed by atoms with Gasteiger partial charge >= 0.3 is 0 Å². The Bertz CT molecular complexity index is 988. The molecule has 8 nitrogen and oxygen atoms in total. The molecule has 0 aliphatic heterocycles. The maximum absolute atomic E-state index is 6.50. The highest BCUT2D eigenvalue weighted by atomic mass is 35.5. The molecule has 0 unspecified atom stereocenters. The van der Waals surface area contributed by atoms with E-state index < -0.39 is 0 Å². The smallest absolute Gasteiger partial charge is 0.222 e. The number of nitrogen functional groups attached to an aromatic ring is 2. The Morgan fingerprint density at radius 2 is 1.68 bits per heavy atom. The van der Waals surface area contributed by atoms with Gasteiger partial charge in [-0.1, -0.05) is 11.6 Å². The molecule has 0 radical (unpaired) electrons. The lowest BCUT2D eigenvalue weighted by molar-refractivity contribution is 0.324. The van der Waals surface area contributed by atoms with Crippen molar-refractivity contribution >= 4 is 40.0 Å². The fraction of sp³-hybridized carbons (Fsp3) is 0.263. The summed E-state index contributed by atoms with van der Waals surface area (Å²) in [5.74, 6) is 2.16. The van der Waals surface area contributed by atoms with E-state index in [4.69, 9.17) is 37.3 Å². The van der Waals surface area contributed by atoms with Crippen LogP contribution < -0.4 is 31.0 Å². The number of halogens is 1. The predicted molar refractivity (Wildman–Crippen MR) is 112 cm³/mol. The van der Waals surface area contributed by atoms with Crippen LogP contribution in [0.2, 0.25) is 5.02 Å². The molecule has 0 saturated heterocycles. The summed E-state index contributed by atoms with van der Waals surface area (Å²) in [5, 5.41) is 4.35. The number of hydrogen-bond acceptors (Lipinski definition) is 8. The molecule has 1 aromatic heterocycles. The molecule has 2 aromatic carbocycles. The Morgan fingerprint density at radius 3 is 2.29 bits per heavy atom. The Kier molecular flexibility index (Phi) is 5.79. The third-order valence-electron chi connectivity index (χ3n) is 4.30. The van der Waals surface area contributed by atoms with Crippen LogP contribution in [0.1, 0.15) is 5.56 Å². The van der Waals surface area contributed by atoms with Crippen molar-refractivity contribution in [2.75, 3.05) is 44.7 Å². The molecule has 3 rings (SSSR count). The molecule has 0 saturated carbocycles. The maximum Gasteiger partial charge on any atom is 0.222 e. The molecular weight excluding hydrogens is 382 g/mol. The number of fused-ring (bicyclic) bond motifs is 1. The fourth-order valence-corrected chi connectivity index (χ4v) is 3.31. The number of nitrogens with one attached hydrogen (secondary N) is 1. The number of benzene rings is 2. The zero-order valence-electron chi connectivity index (χ0n) is 15.9. The van der Waals surface area contributed by atoms with Crippen molar-refractivity contribution in [2.24, 2.45) is 0 Å². The highest BCUT2D eigenvalue weighted by Gasteiger charge is 2.14. The van der Waals surface area contributed by atoms with Gasteiger partial charge in [-0.05, 0) is 36.2 Å². The molecule has 148 valence electrons. The molecule has 0 aliphatic carbocycles. The van der Waals surface area contributed by atoms with Gasteiger partial charge in [0.1, 0.15) is 5.82 Å². The van der Waals surface area contributed by atoms with E-state index in [1.54, 1.807) is 27.4 Å². The minimum absolute atomic E-state index is 0.115. The van der Waals surface area contributed by atoms with Crippen molar-refractivity contribution in [2.45, 2.75) is 6.42 Å². The van der Waals surface area contributed by atoms with Gasteiger partial charge in [-0.15, -0.1) is 0 Å². The van der Waals surface area contributed by atoms with Crippen molar-refractivity contribution < 1.29 is 14.2 Å². The van der Waals surface area contributed by atoms with Crippen molar-refractivity contribution in [3.05, 3.63) is 34.9 Å². The predicted octanol–water partition coefficient (Wildman–Crippen LogP) is 3.13. The number of rotatable bonds is 7. The van der Waals surface area contributed by atoms with Crippen LogP contribution >= 0.6 is 11.6 Å². The van der Waals surface area contributed by atoms with Gasteiger partial charge in [0.25, 0.3) is 0 Å². The second kappa shape index (κ2) is 8.26. The van der Waals surface area contributed by atoms with Gasteiger partial charge in [-0.25, -0.2) is 4.98 Å². The first-order valence-corrected chi connectivity index (χ1v) is 8.90. The monoisotopic (exact) mass is 403 g/mol. The summed E-state index contributed by atoms with van der Waals surface area (Å²) in [6.07, 6.45) is 0.707. The average Bonchev–Trinajstić information content (AvgIpc) is 2.68. The molecule has 0 bridgehead atoms. The average molecular weight is 404 g/mol. The summed E-state index contributed by atoms with van der Waals surface area (Å²) < 4.78 is 16.1. The molecule has 0 atom stereocenters. The van der Waals surface area contributed by atoms with Crippen molar-refractivity contribution in [3.8, 4) is 17.2 Å². The number of methoxy groups -OCH3 is 3. The van der Waals surface area contributed by atoms with Crippen molar-refractivity contribution in [1.82, 2.24) is 9.97 Å². The number of anilines is 3. The largest absolute Gasteiger partial charge is 0.493 e. The second-order valence-corrected chi connectivity index (χ2v) is 6.38. The zero-order valence-corrected chi connectivity index (χ0v) is 16.6. The Morgan fingerprint density at radius 1 is 1.00 bits per heavy atom. The lowest BCUT2D eigenvalue weighted by Crippen LogP contribution is -2.07. The lowest BCUT2D eigenvalue weighted by atomic mass is 10.1. The van der Waals surface area contributed by atoms with Crippen LogP contribution in [0.3, 0.4) is 0 Å². The Balaban J connectivity index is 1.79. The highest BCUT2D eigenvalue weighted by Crippen LogP contribution is 2.38. The van der Waals surface area contributed by atoms with Crippen LogP contribution in [0.5, 0.6) is 17.2 Å². The number of ether oxygens (including phenoxy) is 3. The Hall–Kier alpha value is -3.13. The second-order valence-electron chi connectivity index (χ2n) is 6.00. The molecule has 5 N–H and O–H groups in total. The first kappa shape index (κ1) is 19.6.